The van der Waals surface area contributed by atoms with Crippen LogP contribution in [0.5, 0.6) is 5.75 Å². The van der Waals surface area contributed by atoms with Crippen molar-refractivity contribution >= 4 is 28.6 Å². The van der Waals surface area contributed by atoms with E-state index in [1.165, 1.54) is 6.07 Å². The number of nitrogen functional groups attached to an aromatic ring is 1. The summed E-state index contributed by atoms with van der Waals surface area (Å²) in [4.78, 5) is 20.0. The van der Waals surface area contributed by atoms with Crippen molar-refractivity contribution in [3.8, 4) is 23.0 Å². The van der Waals surface area contributed by atoms with Crippen LogP contribution in [-0.2, 0) is 6.54 Å². The molecular weight excluding hydrogens is 505 g/mol. The largest absolute Gasteiger partial charge is 0.487 e. The average molecular weight is 530 g/mol. The van der Waals surface area contributed by atoms with Crippen LogP contribution >= 0.6 is 11.6 Å². The van der Waals surface area contributed by atoms with E-state index in [-0.39, 0.29) is 11.9 Å². The number of hydrogen-bond acceptors (Lipinski definition) is 7. The monoisotopic (exact) mass is 529 g/mol. The number of likely N-dealkylation sites (tertiary alicyclic amines) is 1. The number of imidazole rings is 1. The third kappa shape index (κ3) is 5.03. The summed E-state index contributed by atoms with van der Waals surface area (Å²) in [6.07, 6.45) is 6.52. The number of nitrogens with zero attached hydrogens (tertiary/aromatic N) is 6. The van der Waals surface area contributed by atoms with E-state index in [0.29, 0.717) is 39.2 Å². The Balaban J connectivity index is 1.20. The van der Waals surface area contributed by atoms with Gasteiger partial charge in [0.05, 0.1) is 10.7 Å². The fraction of sp³-hybridized carbons (Fsp3) is 0.214. The summed E-state index contributed by atoms with van der Waals surface area (Å²) in [6, 6.07) is 16.1. The molecule has 0 aliphatic carbocycles. The lowest BCUT2D eigenvalue weighted by Gasteiger charge is -2.32. The summed E-state index contributed by atoms with van der Waals surface area (Å²) in [5.41, 5.74) is 9.30. The van der Waals surface area contributed by atoms with Crippen LogP contribution in [0.4, 0.5) is 10.2 Å². The first-order chi connectivity index (χ1) is 18.5. The quantitative estimate of drug-likeness (QED) is 0.319. The number of piperidine rings is 1. The SMILES string of the molecule is Nc1cc(CN2CCC(Oc3ccc(-n4c(-c5ccccn5)nc5cc(Cl)cnc54)cc3F)CC2)ccn1. The summed E-state index contributed by atoms with van der Waals surface area (Å²) in [7, 11) is 0. The van der Waals surface area contributed by atoms with Gasteiger partial charge in [-0.3, -0.25) is 14.5 Å². The van der Waals surface area contributed by atoms with E-state index in [1.807, 2.05) is 36.4 Å². The molecule has 1 fully saturated rings. The summed E-state index contributed by atoms with van der Waals surface area (Å²) in [6.45, 7) is 2.52. The van der Waals surface area contributed by atoms with Gasteiger partial charge in [-0.05, 0) is 60.9 Å². The second-order valence-corrected chi connectivity index (χ2v) is 9.72. The molecule has 0 saturated carbocycles. The van der Waals surface area contributed by atoms with E-state index in [9.17, 15) is 0 Å². The van der Waals surface area contributed by atoms with Gasteiger partial charge in [0.1, 0.15) is 23.1 Å². The van der Waals surface area contributed by atoms with Crippen LogP contribution in [0, 0.1) is 5.82 Å². The Kier molecular flexibility index (Phi) is 6.61. The molecule has 8 nitrogen and oxygen atoms in total. The van der Waals surface area contributed by atoms with Gasteiger partial charge in [-0.2, -0.15) is 0 Å². The van der Waals surface area contributed by atoms with Crippen molar-refractivity contribution in [2.45, 2.75) is 25.5 Å². The fourth-order valence-electron chi connectivity index (χ4n) is 4.79. The fourth-order valence-corrected chi connectivity index (χ4v) is 4.94. The van der Waals surface area contributed by atoms with E-state index in [0.717, 1.165) is 38.0 Å². The molecule has 0 unspecified atom stereocenters. The molecule has 0 atom stereocenters. The lowest BCUT2D eigenvalue weighted by Crippen LogP contribution is -2.37. The highest BCUT2D eigenvalue weighted by atomic mass is 35.5. The molecule has 1 aliphatic heterocycles. The number of aromatic nitrogens is 5. The van der Waals surface area contributed by atoms with E-state index in [4.69, 9.17) is 27.1 Å². The van der Waals surface area contributed by atoms with Gasteiger partial charge in [-0.1, -0.05) is 17.7 Å². The zero-order valence-corrected chi connectivity index (χ0v) is 21.2. The summed E-state index contributed by atoms with van der Waals surface area (Å²) < 4.78 is 23.2. The Labute approximate surface area is 223 Å². The Morgan fingerprint density at radius 3 is 2.63 bits per heavy atom. The van der Waals surface area contributed by atoms with Crippen LogP contribution in [0.15, 0.2) is 73.2 Å². The Hall–Kier alpha value is -4.08. The molecule has 4 aromatic heterocycles. The normalized spacial score (nSPS) is 14.7. The highest BCUT2D eigenvalue weighted by molar-refractivity contribution is 6.31. The van der Waals surface area contributed by atoms with Crippen molar-refractivity contribution < 1.29 is 9.13 Å². The number of fused-ring (bicyclic) bond motifs is 1. The van der Waals surface area contributed by atoms with Crippen LogP contribution in [0.25, 0.3) is 28.4 Å². The van der Waals surface area contributed by atoms with Crippen molar-refractivity contribution in [3.05, 3.63) is 89.6 Å². The third-order valence-corrected chi connectivity index (χ3v) is 6.82. The Morgan fingerprint density at radius 2 is 1.87 bits per heavy atom. The van der Waals surface area contributed by atoms with Gasteiger partial charge in [0.25, 0.3) is 0 Å². The molecule has 1 aromatic carbocycles. The van der Waals surface area contributed by atoms with Gasteiger partial charge >= 0.3 is 0 Å². The number of halogens is 2. The van der Waals surface area contributed by atoms with Gasteiger partial charge in [-0.25, -0.2) is 19.3 Å². The van der Waals surface area contributed by atoms with Gasteiger partial charge in [-0.15, -0.1) is 0 Å². The molecule has 6 rings (SSSR count). The zero-order chi connectivity index (χ0) is 26.1. The van der Waals surface area contributed by atoms with Gasteiger partial charge in [0.15, 0.2) is 23.0 Å². The topological polar surface area (TPSA) is 95.0 Å². The van der Waals surface area contributed by atoms with Crippen molar-refractivity contribution in [2.75, 3.05) is 18.8 Å². The highest BCUT2D eigenvalue weighted by Crippen LogP contribution is 2.31. The molecule has 0 radical (unpaired) electrons. The third-order valence-electron chi connectivity index (χ3n) is 6.61. The lowest BCUT2D eigenvalue weighted by molar-refractivity contribution is 0.0935. The minimum atomic E-state index is -0.444. The molecule has 2 N–H and O–H groups in total. The number of pyridine rings is 3. The van der Waals surface area contributed by atoms with Crippen LogP contribution in [0.3, 0.4) is 0 Å². The molecule has 0 spiro atoms. The van der Waals surface area contributed by atoms with Crippen LogP contribution in [-0.4, -0.2) is 48.6 Å². The lowest BCUT2D eigenvalue weighted by atomic mass is 10.1. The minimum Gasteiger partial charge on any atom is -0.487 e. The molecule has 1 aliphatic rings. The summed E-state index contributed by atoms with van der Waals surface area (Å²) in [5, 5.41) is 0.473. The second kappa shape index (κ2) is 10.4. The first kappa shape index (κ1) is 24.3. The number of rotatable bonds is 6. The first-order valence-corrected chi connectivity index (χ1v) is 12.8. The summed E-state index contributed by atoms with van der Waals surface area (Å²) >= 11 is 6.15. The minimum absolute atomic E-state index is 0.0592. The van der Waals surface area contributed by atoms with Crippen LogP contribution in [0.2, 0.25) is 5.02 Å². The molecule has 10 heteroatoms. The standard InChI is InChI=1S/C28H25ClFN7O/c29-19-14-24-27(34-16-19)37(28(35-24)23-3-1-2-9-32-23)20-4-5-25(22(30)15-20)38-21-7-11-36(12-8-21)17-18-6-10-33-26(31)13-18/h1-6,9-10,13-16,21H,7-8,11-12,17H2,(H2,31,33). The van der Waals surface area contributed by atoms with E-state index in [1.54, 1.807) is 35.3 Å². The number of nitrogens with two attached hydrogens (primary N) is 1. The molecule has 38 heavy (non-hydrogen) atoms. The average Bonchev–Trinajstić information content (AvgIpc) is 3.30. The zero-order valence-electron chi connectivity index (χ0n) is 20.5. The predicted octanol–water partition coefficient (Wildman–Crippen LogP) is 5.30. The maximum atomic E-state index is 15.4. The summed E-state index contributed by atoms with van der Waals surface area (Å²) in [5.74, 6) is 0.857. The maximum Gasteiger partial charge on any atom is 0.167 e. The first-order valence-electron chi connectivity index (χ1n) is 12.4. The van der Waals surface area contributed by atoms with E-state index < -0.39 is 5.82 Å². The number of hydrogen-bond donors (Lipinski definition) is 1. The number of ether oxygens (including phenoxy) is 1. The molecule has 0 bridgehead atoms. The van der Waals surface area contributed by atoms with Gasteiger partial charge in [0.2, 0.25) is 0 Å². The van der Waals surface area contributed by atoms with Crippen molar-refractivity contribution in [1.29, 1.82) is 0 Å². The molecule has 5 aromatic rings. The number of benzene rings is 1. The molecular formula is C28H25ClFN7O. The molecule has 192 valence electrons. The van der Waals surface area contributed by atoms with E-state index in [2.05, 4.69) is 19.9 Å². The number of anilines is 1. The van der Waals surface area contributed by atoms with Crippen molar-refractivity contribution in [3.63, 3.8) is 0 Å². The molecule has 1 saturated heterocycles. The van der Waals surface area contributed by atoms with Crippen molar-refractivity contribution in [2.24, 2.45) is 0 Å². The molecule has 0 amide bonds. The van der Waals surface area contributed by atoms with Gasteiger partial charge < -0.3 is 10.5 Å². The highest BCUT2D eigenvalue weighted by Gasteiger charge is 2.23. The van der Waals surface area contributed by atoms with Crippen LogP contribution < -0.4 is 10.5 Å². The van der Waals surface area contributed by atoms with Crippen molar-refractivity contribution in [1.82, 2.24) is 29.4 Å². The van der Waals surface area contributed by atoms with Gasteiger partial charge in [0, 0.05) is 44.3 Å². The predicted molar refractivity (Wildman–Crippen MR) is 145 cm³/mol. The van der Waals surface area contributed by atoms with E-state index >= 15 is 4.39 Å². The second-order valence-electron chi connectivity index (χ2n) is 9.28. The molecule has 5 heterocycles. The Bertz CT molecular complexity index is 1590. The Morgan fingerprint density at radius 1 is 1.00 bits per heavy atom. The smallest absolute Gasteiger partial charge is 0.167 e. The maximum absolute atomic E-state index is 15.4. The van der Waals surface area contributed by atoms with Crippen LogP contribution in [0.1, 0.15) is 18.4 Å².